The van der Waals surface area contributed by atoms with Crippen LogP contribution in [0.3, 0.4) is 0 Å². The van der Waals surface area contributed by atoms with Gasteiger partial charge in [-0.3, -0.25) is 4.99 Å². The summed E-state index contributed by atoms with van der Waals surface area (Å²) in [7, 11) is 0. The van der Waals surface area contributed by atoms with Crippen molar-refractivity contribution in [2.24, 2.45) is 16.5 Å². The van der Waals surface area contributed by atoms with Crippen LogP contribution in [0.25, 0.3) is 0 Å². The molecule has 0 spiro atoms. The first-order chi connectivity index (χ1) is 7.99. The number of guanidine groups is 1. The summed E-state index contributed by atoms with van der Waals surface area (Å²) in [6, 6.07) is 6.16. The van der Waals surface area contributed by atoms with E-state index in [9.17, 15) is 0 Å². The normalized spacial score (nSPS) is 10.4. The topological polar surface area (TPSA) is 73.6 Å². The van der Waals surface area contributed by atoms with E-state index in [-0.39, 0.29) is 12.1 Å². The molecule has 0 aliphatic rings. The molecule has 0 radical (unpaired) electrons. The number of aliphatic imine (C=N–C) groups is 1. The van der Waals surface area contributed by atoms with Crippen LogP contribution >= 0.6 is 0 Å². The Morgan fingerprint density at radius 3 is 2.59 bits per heavy atom. The fourth-order valence-corrected chi connectivity index (χ4v) is 1.57. The second-order valence-electron chi connectivity index (χ2n) is 4.32. The smallest absolute Gasteiger partial charge is 0.185 e. The molecule has 1 rings (SSSR count). The summed E-state index contributed by atoms with van der Waals surface area (Å²) in [5.41, 5.74) is 12.9. The van der Waals surface area contributed by atoms with Crippen molar-refractivity contribution >= 4 is 5.96 Å². The number of nitrogens with zero attached hydrogens (tertiary/aromatic N) is 1. The number of hydrogen-bond donors (Lipinski definition) is 2. The van der Waals surface area contributed by atoms with Gasteiger partial charge in [-0.05, 0) is 44.4 Å². The SMILES string of the molecule is Cc1cc(CCN=C(N)N)ccc1OC(C)C. The van der Waals surface area contributed by atoms with Gasteiger partial charge in [0.25, 0.3) is 0 Å². The van der Waals surface area contributed by atoms with Crippen molar-refractivity contribution in [1.29, 1.82) is 0 Å². The minimum Gasteiger partial charge on any atom is -0.491 e. The third-order valence-electron chi connectivity index (χ3n) is 2.30. The van der Waals surface area contributed by atoms with E-state index in [1.165, 1.54) is 5.56 Å². The van der Waals surface area contributed by atoms with Crippen LogP contribution in [-0.4, -0.2) is 18.6 Å². The Balaban J connectivity index is 2.65. The fraction of sp³-hybridized carbons (Fsp3) is 0.462. The molecule has 0 atom stereocenters. The zero-order valence-electron chi connectivity index (χ0n) is 10.7. The van der Waals surface area contributed by atoms with Crippen molar-refractivity contribution < 1.29 is 4.74 Å². The number of rotatable bonds is 5. The molecule has 0 aliphatic heterocycles. The Labute approximate surface area is 103 Å². The molecule has 4 N–H and O–H groups in total. The Morgan fingerprint density at radius 1 is 1.35 bits per heavy atom. The highest BCUT2D eigenvalue weighted by atomic mass is 16.5. The van der Waals surface area contributed by atoms with E-state index in [4.69, 9.17) is 16.2 Å². The maximum Gasteiger partial charge on any atom is 0.185 e. The number of ether oxygens (including phenoxy) is 1. The molecule has 1 aromatic rings. The lowest BCUT2D eigenvalue weighted by Gasteiger charge is -2.13. The molecule has 0 heterocycles. The standard InChI is InChI=1S/C13H21N3O/c1-9(2)17-12-5-4-11(8-10(12)3)6-7-16-13(14)15/h4-5,8-9H,6-7H2,1-3H3,(H4,14,15,16). The van der Waals surface area contributed by atoms with E-state index >= 15 is 0 Å². The average Bonchev–Trinajstić information content (AvgIpc) is 2.21. The van der Waals surface area contributed by atoms with Crippen molar-refractivity contribution in [2.75, 3.05) is 6.54 Å². The van der Waals surface area contributed by atoms with Gasteiger partial charge in [0.1, 0.15) is 5.75 Å². The van der Waals surface area contributed by atoms with Crippen LogP contribution in [0.5, 0.6) is 5.75 Å². The van der Waals surface area contributed by atoms with Gasteiger partial charge < -0.3 is 16.2 Å². The number of hydrogen-bond acceptors (Lipinski definition) is 2. The van der Waals surface area contributed by atoms with Crippen LogP contribution in [0.1, 0.15) is 25.0 Å². The molecule has 4 heteroatoms. The Kier molecular flexibility index (Phi) is 4.82. The molecule has 0 aliphatic carbocycles. The lowest BCUT2D eigenvalue weighted by Crippen LogP contribution is -2.23. The predicted molar refractivity (Wildman–Crippen MR) is 71.3 cm³/mol. The highest BCUT2D eigenvalue weighted by Gasteiger charge is 2.03. The molecule has 4 nitrogen and oxygen atoms in total. The molecule has 0 aromatic heterocycles. The van der Waals surface area contributed by atoms with Gasteiger partial charge in [0, 0.05) is 6.54 Å². The monoisotopic (exact) mass is 235 g/mol. The Hall–Kier alpha value is -1.71. The second-order valence-corrected chi connectivity index (χ2v) is 4.32. The van der Waals surface area contributed by atoms with Gasteiger partial charge in [0.2, 0.25) is 0 Å². The first kappa shape index (κ1) is 13.4. The largest absolute Gasteiger partial charge is 0.491 e. The van der Waals surface area contributed by atoms with Crippen LogP contribution in [0.15, 0.2) is 23.2 Å². The molecule has 0 unspecified atom stereocenters. The number of benzene rings is 1. The van der Waals surface area contributed by atoms with Crippen molar-refractivity contribution in [3.8, 4) is 5.75 Å². The fourth-order valence-electron chi connectivity index (χ4n) is 1.57. The molecular weight excluding hydrogens is 214 g/mol. The molecule has 0 fully saturated rings. The minimum atomic E-state index is 0.140. The zero-order valence-corrected chi connectivity index (χ0v) is 10.7. The van der Waals surface area contributed by atoms with Crippen molar-refractivity contribution in [3.63, 3.8) is 0 Å². The molecule has 17 heavy (non-hydrogen) atoms. The van der Waals surface area contributed by atoms with E-state index in [2.05, 4.69) is 11.1 Å². The summed E-state index contributed by atoms with van der Waals surface area (Å²) in [5.74, 6) is 1.08. The van der Waals surface area contributed by atoms with E-state index < -0.39 is 0 Å². The third-order valence-corrected chi connectivity index (χ3v) is 2.30. The van der Waals surface area contributed by atoms with E-state index in [0.29, 0.717) is 6.54 Å². The highest BCUT2D eigenvalue weighted by molar-refractivity contribution is 5.75. The maximum absolute atomic E-state index is 5.68. The molecule has 94 valence electrons. The minimum absolute atomic E-state index is 0.140. The van der Waals surface area contributed by atoms with Gasteiger partial charge in [0.05, 0.1) is 6.10 Å². The van der Waals surface area contributed by atoms with Gasteiger partial charge in [-0.2, -0.15) is 0 Å². The highest BCUT2D eigenvalue weighted by Crippen LogP contribution is 2.20. The molecule has 1 aromatic carbocycles. The van der Waals surface area contributed by atoms with Crippen LogP contribution in [0, 0.1) is 6.92 Å². The predicted octanol–water partition coefficient (Wildman–Crippen LogP) is 1.60. The number of aryl methyl sites for hydroxylation is 1. The summed E-state index contributed by atoms with van der Waals surface area (Å²) < 4.78 is 5.68. The van der Waals surface area contributed by atoms with E-state index in [1.54, 1.807) is 0 Å². The molecule has 0 saturated carbocycles. The molecular formula is C13H21N3O. The van der Waals surface area contributed by atoms with Crippen LogP contribution in [0.2, 0.25) is 0 Å². The average molecular weight is 235 g/mol. The molecule has 0 saturated heterocycles. The Morgan fingerprint density at radius 2 is 2.06 bits per heavy atom. The molecule has 0 amide bonds. The van der Waals surface area contributed by atoms with Gasteiger partial charge in [-0.1, -0.05) is 12.1 Å². The summed E-state index contributed by atoms with van der Waals surface area (Å²) in [6.07, 6.45) is 1.03. The van der Waals surface area contributed by atoms with Gasteiger partial charge in [-0.25, -0.2) is 0 Å². The summed E-state index contributed by atoms with van der Waals surface area (Å²) >= 11 is 0. The summed E-state index contributed by atoms with van der Waals surface area (Å²) in [4.78, 5) is 3.96. The van der Waals surface area contributed by atoms with Crippen LogP contribution < -0.4 is 16.2 Å². The van der Waals surface area contributed by atoms with Gasteiger partial charge in [-0.15, -0.1) is 0 Å². The lowest BCUT2D eigenvalue weighted by molar-refractivity contribution is 0.240. The maximum atomic E-state index is 5.68. The van der Waals surface area contributed by atoms with Gasteiger partial charge in [0.15, 0.2) is 5.96 Å². The lowest BCUT2D eigenvalue weighted by atomic mass is 10.1. The summed E-state index contributed by atoms with van der Waals surface area (Å²) in [5, 5.41) is 0. The first-order valence-electron chi connectivity index (χ1n) is 5.80. The van der Waals surface area contributed by atoms with Gasteiger partial charge >= 0.3 is 0 Å². The van der Waals surface area contributed by atoms with E-state index in [0.717, 1.165) is 17.7 Å². The van der Waals surface area contributed by atoms with Crippen molar-refractivity contribution in [1.82, 2.24) is 0 Å². The van der Waals surface area contributed by atoms with Crippen molar-refractivity contribution in [3.05, 3.63) is 29.3 Å². The second kappa shape index (κ2) is 6.13. The van der Waals surface area contributed by atoms with Crippen LogP contribution in [-0.2, 0) is 6.42 Å². The van der Waals surface area contributed by atoms with E-state index in [1.807, 2.05) is 32.9 Å². The van der Waals surface area contributed by atoms with Crippen molar-refractivity contribution in [2.45, 2.75) is 33.3 Å². The number of nitrogens with two attached hydrogens (primary N) is 2. The third kappa shape index (κ3) is 4.76. The molecule has 0 bridgehead atoms. The quantitative estimate of drug-likeness (QED) is 0.601. The first-order valence-corrected chi connectivity index (χ1v) is 5.80. The Bertz CT molecular complexity index is 396. The zero-order chi connectivity index (χ0) is 12.8. The van der Waals surface area contributed by atoms with Crippen LogP contribution in [0.4, 0.5) is 0 Å². The summed E-state index contributed by atoms with van der Waals surface area (Å²) in [6.45, 7) is 6.70.